The molecule has 0 fully saturated rings. The van der Waals surface area contributed by atoms with E-state index in [0.717, 1.165) is 12.8 Å². The summed E-state index contributed by atoms with van der Waals surface area (Å²) in [6, 6.07) is 0. The van der Waals surface area contributed by atoms with E-state index in [1.807, 2.05) is 6.92 Å². The summed E-state index contributed by atoms with van der Waals surface area (Å²) in [5.41, 5.74) is 0. The monoisotopic (exact) mass is 393 g/mol. The Balaban J connectivity index is 3.34. The molecule has 0 bridgehead atoms. The van der Waals surface area contributed by atoms with Crippen LogP contribution in [0.1, 0.15) is 117 Å². The lowest BCUT2D eigenvalue weighted by atomic mass is 10.0. The Bertz CT molecular complexity index is 384. The van der Waals surface area contributed by atoms with Gasteiger partial charge in [-0.1, -0.05) is 104 Å². The Kier molecular flexibility index (Phi) is 18.1. The highest BCUT2D eigenvalue weighted by atomic mass is 32.3. The molecule has 0 aliphatic heterocycles. The lowest BCUT2D eigenvalue weighted by Gasteiger charge is -2.19. The van der Waals surface area contributed by atoms with Crippen molar-refractivity contribution in [2.45, 2.75) is 123 Å². The van der Waals surface area contributed by atoms with Crippen LogP contribution in [-0.4, -0.2) is 25.9 Å². The van der Waals surface area contributed by atoms with Crippen LogP contribution >= 0.6 is 0 Å². The van der Waals surface area contributed by atoms with E-state index in [4.69, 9.17) is 4.74 Å². The zero-order valence-electron chi connectivity index (χ0n) is 17.0. The van der Waals surface area contributed by atoms with Gasteiger partial charge in [0.15, 0.2) is 6.29 Å². The molecule has 158 valence electrons. The van der Waals surface area contributed by atoms with Crippen molar-refractivity contribution in [3.8, 4) is 0 Å². The summed E-state index contributed by atoms with van der Waals surface area (Å²) in [6.07, 6.45) is 18.2. The second-order valence-corrected chi connectivity index (χ2v) is 8.20. The molecule has 0 radical (unpaired) electrons. The molecule has 0 saturated heterocycles. The first-order valence-corrected chi connectivity index (χ1v) is 12.1. The highest BCUT2D eigenvalue weighted by molar-refractivity contribution is 7.80. The maximum atomic E-state index is 10.6. The minimum Gasteiger partial charge on any atom is -0.725 e. The fourth-order valence-electron chi connectivity index (χ4n) is 3.04. The van der Waals surface area contributed by atoms with Crippen molar-refractivity contribution < 1.29 is 21.9 Å². The second kappa shape index (κ2) is 18.2. The van der Waals surface area contributed by atoms with E-state index in [0.29, 0.717) is 19.4 Å². The molecule has 0 rings (SSSR count). The van der Waals surface area contributed by atoms with Gasteiger partial charge in [0.2, 0.25) is 10.4 Å². The van der Waals surface area contributed by atoms with Gasteiger partial charge in [0, 0.05) is 6.61 Å². The van der Waals surface area contributed by atoms with Crippen molar-refractivity contribution in [2.75, 3.05) is 6.61 Å². The first-order valence-electron chi connectivity index (χ1n) is 10.7. The number of hydrogen-bond acceptors (Lipinski definition) is 5. The van der Waals surface area contributed by atoms with Crippen LogP contribution < -0.4 is 0 Å². The molecule has 0 heterocycles. The van der Waals surface area contributed by atoms with Gasteiger partial charge >= 0.3 is 0 Å². The van der Waals surface area contributed by atoms with Crippen molar-refractivity contribution in [1.29, 1.82) is 0 Å². The summed E-state index contributed by atoms with van der Waals surface area (Å²) in [7, 11) is -4.69. The van der Waals surface area contributed by atoms with Crippen LogP contribution in [0.3, 0.4) is 0 Å². The average Bonchev–Trinajstić information content (AvgIpc) is 2.57. The van der Waals surface area contributed by atoms with Crippen molar-refractivity contribution in [3.05, 3.63) is 0 Å². The summed E-state index contributed by atoms with van der Waals surface area (Å²) >= 11 is 0. The van der Waals surface area contributed by atoms with Crippen LogP contribution in [0.4, 0.5) is 0 Å². The Morgan fingerprint density at radius 1 is 0.692 bits per heavy atom. The largest absolute Gasteiger partial charge is 0.725 e. The van der Waals surface area contributed by atoms with Crippen LogP contribution in [0.15, 0.2) is 0 Å². The maximum absolute atomic E-state index is 10.6. The zero-order valence-corrected chi connectivity index (χ0v) is 17.9. The molecule has 0 saturated carbocycles. The molecule has 0 aliphatic rings. The molecule has 0 amide bonds. The van der Waals surface area contributed by atoms with E-state index < -0.39 is 16.7 Å². The van der Waals surface area contributed by atoms with Gasteiger partial charge in [-0.05, 0) is 12.8 Å². The normalized spacial score (nSPS) is 13.2. The van der Waals surface area contributed by atoms with Crippen LogP contribution in [-0.2, 0) is 19.3 Å². The Morgan fingerprint density at radius 2 is 1.12 bits per heavy atom. The van der Waals surface area contributed by atoms with Crippen LogP contribution in [0.5, 0.6) is 0 Å². The van der Waals surface area contributed by atoms with Crippen molar-refractivity contribution in [2.24, 2.45) is 0 Å². The maximum Gasteiger partial charge on any atom is 0.220 e. The summed E-state index contributed by atoms with van der Waals surface area (Å²) in [5.74, 6) is 0. The summed E-state index contributed by atoms with van der Waals surface area (Å²) in [5, 5.41) is 0. The van der Waals surface area contributed by atoms with E-state index >= 15 is 0 Å². The molecule has 26 heavy (non-hydrogen) atoms. The van der Waals surface area contributed by atoms with Gasteiger partial charge < -0.3 is 9.29 Å². The minimum absolute atomic E-state index is 0.417. The molecule has 0 aromatic rings. The molecule has 6 heteroatoms. The van der Waals surface area contributed by atoms with E-state index in [1.165, 1.54) is 77.0 Å². The number of ether oxygens (including phenoxy) is 1. The van der Waals surface area contributed by atoms with Gasteiger partial charge in [0.1, 0.15) is 0 Å². The van der Waals surface area contributed by atoms with E-state index in [2.05, 4.69) is 11.1 Å². The van der Waals surface area contributed by atoms with Gasteiger partial charge in [-0.15, -0.1) is 0 Å². The molecule has 1 atom stereocenters. The average molecular weight is 394 g/mol. The standard InChI is InChI=1S/C20H42O5S/c1-3-5-6-7-8-9-10-11-12-13-14-15-16-17-19-24-20(18-4-2)25-26(21,22)23/h20H,3-19H2,1-2H3,(H,21,22,23)/p-1. The van der Waals surface area contributed by atoms with Crippen LogP contribution in [0.25, 0.3) is 0 Å². The minimum atomic E-state index is -4.69. The first-order chi connectivity index (χ1) is 12.5. The number of hydrogen-bond donors (Lipinski definition) is 0. The molecular weight excluding hydrogens is 352 g/mol. The third-order valence-electron chi connectivity index (χ3n) is 4.55. The van der Waals surface area contributed by atoms with E-state index in [9.17, 15) is 13.0 Å². The molecule has 0 aromatic heterocycles. The summed E-state index contributed by atoms with van der Waals surface area (Å²) in [6.45, 7) is 4.59. The van der Waals surface area contributed by atoms with Gasteiger partial charge in [-0.2, -0.15) is 0 Å². The Hall–Kier alpha value is -0.170. The van der Waals surface area contributed by atoms with Gasteiger partial charge in [0.25, 0.3) is 0 Å². The molecule has 0 spiro atoms. The third kappa shape index (κ3) is 20.1. The first kappa shape index (κ1) is 25.8. The van der Waals surface area contributed by atoms with Crippen molar-refractivity contribution >= 4 is 10.4 Å². The lowest BCUT2D eigenvalue weighted by Crippen LogP contribution is -2.21. The molecule has 0 N–H and O–H groups in total. The summed E-state index contributed by atoms with van der Waals surface area (Å²) in [4.78, 5) is 0. The van der Waals surface area contributed by atoms with Crippen LogP contribution in [0.2, 0.25) is 0 Å². The third-order valence-corrected chi connectivity index (χ3v) is 5.00. The smallest absolute Gasteiger partial charge is 0.220 e. The highest BCUT2D eigenvalue weighted by Gasteiger charge is 2.11. The molecule has 0 aromatic carbocycles. The SMILES string of the molecule is CCCCCCCCCCCCCCCCOC(CCC)OS(=O)(=O)[O-]. The molecule has 1 unspecified atom stereocenters. The molecule has 5 nitrogen and oxygen atoms in total. The second-order valence-electron chi connectivity index (χ2n) is 7.19. The van der Waals surface area contributed by atoms with E-state index in [1.54, 1.807) is 0 Å². The van der Waals surface area contributed by atoms with Gasteiger partial charge in [0.05, 0.1) is 0 Å². The lowest BCUT2D eigenvalue weighted by molar-refractivity contribution is -0.0871. The van der Waals surface area contributed by atoms with Crippen molar-refractivity contribution in [3.63, 3.8) is 0 Å². The Morgan fingerprint density at radius 3 is 1.50 bits per heavy atom. The van der Waals surface area contributed by atoms with Crippen molar-refractivity contribution in [1.82, 2.24) is 0 Å². The molecular formula is C20H41O5S-. The fourth-order valence-corrected chi connectivity index (χ4v) is 3.45. The van der Waals surface area contributed by atoms with Gasteiger partial charge in [-0.3, -0.25) is 0 Å². The summed E-state index contributed by atoms with van der Waals surface area (Å²) < 4.78 is 41.6. The predicted molar refractivity (Wildman–Crippen MR) is 106 cm³/mol. The zero-order chi connectivity index (χ0) is 19.5. The van der Waals surface area contributed by atoms with Crippen LogP contribution in [0, 0.1) is 0 Å². The van der Waals surface area contributed by atoms with E-state index in [-0.39, 0.29) is 0 Å². The number of unbranched alkanes of at least 4 members (excludes halogenated alkanes) is 13. The van der Waals surface area contributed by atoms with Gasteiger partial charge in [-0.25, -0.2) is 12.6 Å². The fraction of sp³-hybridized carbons (Fsp3) is 1.00. The quantitative estimate of drug-likeness (QED) is 0.108. The Labute approximate surface area is 162 Å². The highest BCUT2D eigenvalue weighted by Crippen LogP contribution is 2.13. The molecule has 0 aliphatic carbocycles. The predicted octanol–water partition coefficient (Wildman–Crippen LogP) is 6.09. The number of rotatable bonds is 20. The topological polar surface area (TPSA) is 75.7 Å².